The molecule has 22 heavy (non-hydrogen) atoms. The Morgan fingerprint density at radius 2 is 2.18 bits per heavy atom. The van der Waals surface area contributed by atoms with Gasteiger partial charge in [0.15, 0.2) is 11.5 Å². The van der Waals surface area contributed by atoms with Crippen LogP contribution in [0.1, 0.15) is 12.5 Å². The molecule has 0 bridgehead atoms. The van der Waals surface area contributed by atoms with E-state index in [0.717, 1.165) is 16.6 Å². The highest BCUT2D eigenvalue weighted by molar-refractivity contribution is 5.82. The van der Waals surface area contributed by atoms with Gasteiger partial charge in [-0.2, -0.15) is 5.10 Å². The molecule has 1 aromatic heterocycles. The molecule has 2 aromatic carbocycles. The zero-order valence-electron chi connectivity index (χ0n) is 12.1. The lowest BCUT2D eigenvalue weighted by Gasteiger charge is -2.05. The third-order valence-corrected chi connectivity index (χ3v) is 3.06. The van der Waals surface area contributed by atoms with Gasteiger partial charge >= 0.3 is 0 Å². The number of anilines is 1. The van der Waals surface area contributed by atoms with Crippen LogP contribution in [0, 0.1) is 0 Å². The van der Waals surface area contributed by atoms with Crippen LogP contribution in [0.3, 0.4) is 0 Å². The smallest absolute Gasteiger partial charge is 0.222 e. The van der Waals surface area contributed by atoms with Gasteiger partial charge in [-0.3, -0.25) is 0 Å². The molecule has 0 unspecified atom stereocenters. The zero-order chi connectivity index (χ0) is 15.4. The van der Waals surface area contributed by atoms with Crippen molar-refractivity contribution in [3.63, 3.8) is 0 Å². The minimum atomic E-state index is 0.115. The Morgan fingerprint density at radius 1 is 1.32 bits per heavy atom. The molecule has 0 fully saturated rings. The molecular formula is C16H16N4O2. The van der Waals surface area contributed by atoms with Crippen LogP contribution in [0.4, 0.5) is 5.95 Å². The number of hydrazone groups is 1. The van der Waals surface area contributed by atoms with Crippen LogP contribution >= 0.6 is 0 Å². The lowest BCUT2D eigenvalue weighted by molar-refractivity contribution is 0.318. The van der Waals surface area contributed by atoms with Crippen LogP contribution in [0.2, 0.25) is 0 Å². The van der Waals surface area contributed by atoms with Crippen molar-refractivity contribution in [2.75, 3.05) is 12.0 Å². The molecule has 0 aliphatic heterocycles. The summed E-state index contributed by atoms with van der Waals surface area (Å²) in [5, 5.41) is 13.8. The summed E-state index contributed by atoms with van der Waals surface area (Å²) < 4.78 is 5.33. The zero-order valence-corrected chi connectivity index (χ0v) is 12.1. The highest BCUT2D eigenvalue weighted by atomic mass is 16.5. The van der Waals surface area contributed by atoms with Gasteiger partial charge in [0.25, 0.3) is 0 Å². The number of phenols is 1. The number of para-hydroxylation sites is 2. The number of benzene rings is 2. The largest absolute Gasteiger partial charge is 0.504 e. The van der Waals surface area contributed by atoms with E-state index in [0.29, 0.717) is 18.3 Å². The predicted octanol–water partition coefficient (Wildman–Crippen LogP) is 3.11. The van der Waals surface area contributed by atoms with Crippen molar-refractivity contribution in [3.8, 4) is 11.5 Å². The Balaban J connectivity index is 1.72. The first-order valence-corrected chi connectivity index (χ1v) is 6.96. The summed E-state index contributed by atoms with van der Waals surface area (Å²) in [6, 6.07) is 12.8. The van der Waals surface area contributed by atoms with E-state index in [1.807, 2.05) is 31.2 Å². The van der Waals surface area contributed by atoms with Crippen molar-refractivity contribution in [3.05, 3.63) is 48.0 Å². The Labute approximate surface area is 127 Å². The average molecular weight is 296 g/mol. The summed E-state index contributed by atoms with van der Waals surface area (Å²) in [5.74, 6) is 1.13. The number of aromatic hydroxyl groups is 1. The van der Waals surface area contributed by atoms with Crippen molar-refractivity contribution >= 4 is 23.2 Å². The fourth-order valence-electron chi connectivity index (χ4n) is 2.06. The lowest BCUT2D eigenvalue weighted by atomic mass is 10.2. The molecule has 0 radical (unpaired) electrons. The number of phenolic OH excluding ortho intramolecular Hbond substituents is 1. The normalized spacial score (nSPS) is 11.1. The van der Waals surface area contributed by atoms with Crippen molar-refractivity contribution in [1.82, 2.24) is 9.97 Å². The van der Waals surface area contributed by atoms with Crippen LogP contribution in [0.25, 0.3) is 11.0 Å². The fourth-order valence-corrected chi connectivity index (χ4v) is 2.06. The van der Waals surface area contributed by atoms with Crippen LogP contribution in [0.5, 0.6) is 11.5 Å². The van der Waals surface area contributed by atoms with E-state index in [4.69, 9.17) is 4.74 Å². The highest BCUT2D eigenvalue weighted by Crippen LogP contribution is 2.26. The minimum absolute atomic E-state index is 0.115. The molecule has 1 heterocycles. The Hall–Kier alpha value is -3.02. The second-order valence-electron chi connectivity index (χ2n) is 4.63. The second kappa shape index (κ2) is 6.17. The number of fused-ring (bicyclic) bond motifs is 1. The van der Waals surface area contributed by atoms with Crippen molar-refractivity contribution in [2.45, 2.75) is 6.92 Å². The molecular weight excluding hydrogens is 280 g/mol. The number of H-pyrrole nitrogens is 1. The number of rotatable bonds is 5. The molecule has 112 valence electrons. The molecule has 3 aromatic rings. The molecule has 6 nitrogen and oxygen atoms in total. The van der Waals surface area contributed by atoms with E-state index in [2.05, 4.69) is 20.5 Å². The number of nitrogens with one attached hydrogen (secondary N) is 2. The Morgan fingerprint density at radius 3 is 3.00 bits per heavy atom. The third kappa shape index (κ3) is 3.01. The molecule has 0 atom stereocenters. The number of nitrogens with zero attached hydrogens (tertiary/aromatic N) is 2. The van der Waals surface area contributed by atoms with E-state index >= 15 is 0 Å². The first-order valence-electron chi connectivity index (χ1n) is 6.96. The van der Waals surface area contributed by atoms with Crippen molar-refractivity contribution < 1.29 is 9.84 Å². The summed E-state index contributed by atoms with van der Waals surface area (Å²) >= 11 is 0. The maximum Gasteiger partial charge on any atom is 0.222 e. The van der Waals surface area contributed by atoms with Crippen LogP contribution < -0.4 is 10.2 Å². The first kappa shape index (κ1) is 13.9. The summed E-state index contributed by atoms with van der Waals surface area (Å²) in [5.41, 5.74) is 5.48. The molecule has 0 spiro atoms. The molecule has 0 aliphatic carbocycles. The van der Waals surface area contributed by atoms with E-state index in [9.17, 15) is 5.11 Å². The summed E-state index contributed by atoms with van der Waals surface area (Å²) in [6.45, 7) is 2.36. The van der Waals surface area contributed by atoms with Gasteiger partial charge in [-0.15, -0.1) is 0 Å². The van der Waals surface area contributed by atoms with Crippen molar-refractivity contribution in [2.24, 2.45) is 5.10 Å². The highest BCUT2D eigenvalue weighted by Gasteiger charge is 2.02. The fraction of sp³-hybridized carbons (Fsp3) is 0.125. The van der Waals surface area contributed by atoms with Crippen LogP contribution in [-0.2, 0) is 0 Å². The predicted molar refractivity (Wildman–Crippen MR) is 86.6 cm³/mol. The van der Waals surface area contributed by atoms with Gasteiger partial charge in [0.2, 0.25) is 5.95 Å². The van der Waals surface area contributed by atoms with Gasteiger partial charge in [0.1, 0.15) is 0 Å². The van der Waals surface area contributed by atoms with Crippen molar-refractivity contribution in [1.29, 1.82) is 0 Å². The SMILES string of the molecule is CCOc1cc(C=NNc2nc3ccccc3[nH]2)ccc1O. The van der Waals surface area contributed by atoms with E-state index in [-0.39, 0.29) is 5.75 Å². The van der Waals surface area contributed by atoms with Gasteiger partial charge in [-0.25, -0.2) is 10.4 Å². The van der Waals surface area contributed by atoms with Gasteiger partial charge in [-0.05, 0) is 42.8 Å². The van der Waals surface area contributed by atoms with Crippen LogP contribution in [0.15, 0.2) is 47.6 Å². The number of aromatic amines is 1. The lowest BCUT2D eigenvalue weighted by Crippen LogP contribution is -1.95. The van der Waals surface area contributed by atoms with Gasteiger partial charge in [0, 0.05) is 0 Å². The number of aromatic nitrogens is 2. The summed E-state index contributed by atoms with van der Waals surface area (Å²) in [6.07, 6.45) is 1.63. The maximum atomic E-state index is 9.65. The molecule has 0 aliphatic rings. The summed E-state index contributed by atoms with van der Waals surface area (Å²) in [7, 11) is 0. The summed E-state index contributed by atoms with van der Waals surface area (Å²) in [4.78, 5) is 7.48. The monoisotopic (exact) mass is 296 g/mol. The minimum Gasteiger partial charge on any atom is -0.504 e. The van der Waals surface area contributed by atoms with E-state index in [1.165, 1.54) is 0 Å². The van der Waals surface area contributed by atoms with Gasteiger partial charge in [-0.1, -0.05) is 12.1 Å². The Kier molecular flexibility index (Phi) is 3.91. The molecule has 0 saturated heterocycles. The van der Waals surface area contributed by atoms with Gasteiger partial charge < -0.3 is 14.8 Å². The third-order valence-electron chi connectivity index (χ3n) is 3.06. The van der Waals surface area contributed by atoms with Gasteiger partial charge in [0.05, 0.1) is 23.9 Å². The van der Waals surface area contributed by atoms with E-state index < -0.39 is 0 Å². The maximum absolute atomic E-state index is 9.65. The topological polar surface area (TPSA) is 82.5 Å². The molecule has 0 amide bonds. The number of ether oxygens (including phenoxy) is 1. The molecule has 3 N–H and O–H groups in total. The molecule has 0 saturated carbocycles. The number of hydrogen-bond acceptors (Lipinski definition) is 5. The average Bonchev–Trinajstić information content (AvgIpc) is 2.93. The standard InChI is InChI=1S/C16H16N4O2/c1-2-22-15-9-11(7-8-14(15)21)10-17-20-16-18-12-5-3-4-6-13(12)19-16/h3-10,21H,2H2,1H3,(H2,18,19,20). The first-order chi connectivity index (χ1) is 10.8. The number of imidazole rings is 1. The Bertz CT molecular complexity index is 778. The second-order valence-corrected chi connectivity index (χ2v) is 4.63. The van der Waals surface area contributed by atoms with Crippen LogP contribution in [-0.4, -0.2) is 27.9 Å². The molecule has 6 heteroatoms. The van der Waals surface area contributed by atoms with E-state index in [1.54, 1.807) is 24.4 Å². The molecule has 3 rings (SSSR count). The number of hydrogen-bond donors (Lipinski definition) is 3. The quantitative estimate of drug-likeness (QED) is 0.499.